The van der Waals surface area contributed by atoms with Crippen molar-refractivity contribution in [2.75, 3.05) is 45.2 Å². The highest BCUT2D eigenvalue weighted by Gasteiger charge is 2.11. The minimum Gasteiger partial charge on any atom is -0.493 e. The molecule has 3 heterocycles. The topological polar surface area (TPSA) is 89.3 Å². The first-order chi connectivity index (χ1) is 12.8. The van der Waals surface area contributed by atoms with Gasteiger partial charge in [-0.25, -0.2) is 4.98 Å². The average molecular weight is 353 g/mol. The summed E-state index contributed by atoms with van der Waals surface area (Å²) in [6, 6.07) is 9.78. The zero-order valence-electron chi connectivity index (χ0n) is 14.6. The lowest BCUT2D eigenvalue weighted by molar-refractivity contribution is 0.0358. The molecule has 0 unspecified atom stereocenters. The van der Waals surface area contributed by atoms with Crippen molar-refractivity contribution in [3.8, 4) is 17.0 Å². The number of pyridine rings is 1. The predicted octanol–water partition coefficient (Wildman–Crippen LogP) is 2.31. The third-order valence-corrected chi connectivity index (χ3v) is 4.58. The SMILES string of the molecule is Nc1cc(OCCCN2CCOCC2)c2ccc(-c3ccn[nH]3)cc2n1. The number of nitrogens with two attached hydrogens (primary N) is 1. The minimum atomic E-state index is 0.461. The van der Waals surface area contributed by atoms with E-state index in [0.29, 0.717) is 12.4 Å². The van der Waals surface area contributed by atoms with Crippen molar-refractivity contribution < 1.29 is 9.47 Å². The summed E-state index contributed by atoms with van der Waals surface area (Å²) in [4.78, 5) is 6.86. The molecule has 3 aromatic rings. The summed E-state index contributed by atoms with van der Waals surface area (Å²) in [6.07, 6.45) is 2.70. The van der Waals surface area contributed by atoms with Crippen LogP contribution >= 0.6 is 0 Å². The van der Waals surface area contributed by atoms with E-state index >= 15 is 0 Å². The molecule has 1 saturated heterocycles. The zero-order valence-corrected chi connectivity index (χ0v) is 14.6. The summed E-state index contributed by atoms with van der Waals surface area (Å²) >= 11 is 0. The summed E-state index contributed by atoms with van der Waals surface area (Å²) in [5, 5.41) is 7.93. The van der Waals surface area contributed by atoms with Crippen LogP contribution in [-0.4, -0.2) is 59.5 Å². The standard InChI is InChI=1S/C19H23N5O2/c20-19-13-18(26-9-1-6-24-7-10-25-11-8-24)15-3-2-14(12-17(15)22-19)16-4-5-21-23-16/h2-5,12-13H,1,6-11H2,(H2,20,22)(H,21,23). The predicted molar refractivity (Wildman–Crippen MR) is 101 cm³/mol. The van der Waals surface area contributed by atoms with Gasteiger partial charge in [-0.1, -0.05) is 6.07 Å². The van der Waals surface area contributed by atoms with E-state index in [-0.39, 0.29) is 0 Å². The van der Waals surface area contributed by atoms with E-state index in [2.05, 4.69) is 20.1 Å². The van der Waals surface area contributed by atoms with Crippen LogP contribution in [-0.2, 0) is 4.74 Å². The molecule has 1 aliphatic heterocycles. The molecule has 0 saturated carbocycles. The number of hydrogen-bond donors (Lipinski definition) is 2. The second-order valence-electron chi connectivity index (χ2n) is 6.40. The number of nitrogens with one attached hydrogen (secondary N) is 1. The van der Waals surface area contributed by atoms with Crippen LogP contribution in [0.25, 0.3) is 22.2 Å². The van der Waals surface area contributed by atoms with E-state index in [4.69, 9.17) is 15.2 Å². The lowest BCUT2D eigenvalue weighted by Gasteiger charge is -2.26. The highest BCUT2D eigenvalue weighted by molar-refractivity contribution is 5.89. The van der Waals surface area contributed by atoms with Crippen LogP contribution in [0.5, 0.6) is 5.75 Å². The molecule has 1 fully saturated rings. The molecular formula is C19H23N5O2. The van der Waals surface area contributed by atoms with Gasteiger partial charge in [-0.15, -0.1) is 0 Å². The quantitative estimate of drug-likeness (QED) is 0.661. The Labute approximate surface area is 152 Å². The van der Waals surface area contributed by atoms with Crippen LogP contribution in [0.2, 0.25) is 0 Å². The van der Waals surface area contributed by atoms with Gasteiger partial charge in [0, 0.05) is 42.8 Å². The van der Waals surface area contributed by atoms with Crippen LogP contribution in [0.15, 0.2) is 36.5 Å². The number of anilines is 1. The van der Waals surface area contributed by atoms with Gasteiger partial charge < -0.3 is 15.2 Å². The molecule has 3 N–H and O–H groups in total. The monoisotopic (exact) mass is 353 g/mol. The molecule has 0 bridgehead atoms. The Morgan fingerprint density at radius 3 is 2.88 bits per heavy atom. The van der Waals surface area contributed by atoms with Gasteiger partial charge in [-0.05, 0) is 24.6 Å². The number of hydrogen-bond acceptors (Lipinski definition) is 6. The Balaban J connectivity index is 1.46. The average Bonchev–Trinajstić information content (AvgIpc) is 3.20. The van der Waals surface area contributed by atoms with Crippen LogP contribution in [0.3, 0.4) is 0 Å². The van der Waals surface area contributed by atoms with Crippen LogP contribution < -0.4 is 10.5 Å². The molecular weight excluding hydrogens is 330 g/mol. The van der Waals surface area contributed by atoms with Crippen molar-refractivity contribution in [3.05, 3.63) is 36.5 Å². The third-order valence-electron chi connectivity index (χ3n) is 4.58. The molecule has 0 atom stereocenters. The maximum atomic E-state index is 6.02. The van der Waals surface area contributed by atoms with Gasteiger partial charge in [0.25, 0.3) is 0 Å². The lowest BCUT2D eigenvalue weighted by Crippen LogP contribution is -2.37. The molecule has 0 spiro atoms. The number of H-pyrrole nitrogens is 1. The number of rotatable bonds is 6. The fraction of sp³-hybridized carbons (Fsp3) is 0.368. The molecule has 26 heavy (non-hydrogen) atoms. The Morgan fingerprint density at radius 1 is 1.19 bits per heavy atom. The highest BCUT2D eigenvalue weighted by atomic mass is 16.5. The lowest BCUT2D eigenvalue weighted by atomic mass is 10.1. The van der Waals surface area contributed by atoms with Crippen molar-refractivity contribution in [3.63, 3.8) is 0 Å². The number of morpholine rings is 1. The Morgan fingerprint density at radius 2 is 2.08 bits per heavy atom. The number of aromatic amines is 1. The van der Waals surface area contributed by atoms with Crippen molar-refractivity contribution >= 4 is 16.7 Å². The fourth-order valence-electron chi connectivity index (χ4n) is 3.21. The molecule has 2 aromatic heterocycles. The van der Waals surface area contributed by atoms with E-state index < -0.39 is 0 Å². The molecule has 7 nitrogen and oxygen atoms in total. The molecule has 4 rings (SSSR count). The van der Waals surface area contributed by atoms with E-state index in [1.54, 1.807) is 12.3 Å². The molecule has 0 radical (unpaired) electrons. The first-order valence-corrected chi connectivity index (χ1v) is 8.92. The molecule has 7 heteroatoms. The number of benzene rings is 1. The summed E-state index contributed by atoms with van der Waals surface area (Å²) in [5.41, 5.74) is 8.77. The normalized spacial score (nSPS) is 15.4. The first kappa shape index (κ1) is 16.8. The molecule has 1 aromatic carbocycles. The summed E-state index contributed by atoms with van der Waals surface area (Å²) in [7, 11) is 0. The smallest absolute Gasteiger partial charge is 0.132 e. The second-order valence-corrected chi connectivity index (χ2v) is 6.40. The van der Waals surface area contributed by atoms with Crippen molar-refractivity contribution in [1.29, 1.82) is 0 Å². The number of fused-ring (bicyclic) bond motifs is 1. The van der Waals surface area contributed by atoms with Gasteiger partial charge in [0.05, 0.1) is 31.0 Å². The van der Waals surface area contributed by atoms with Gasteiger partial charge in [0.2, 0.25) is 0 Å². The number of aromatic nitrogens is 3. The Hall–Kier alpha value is -2.64. The van der Waals surface area contributed by atoms with Crippen molar-refractivity contribution in [1.82, 2.24) is 20.1 Å². The van der Waals surface area contributed by atoms with Gasteiger partial charge in [0.15, 0.2) is 0 Å². The van der Waals surface area contributed by atoms with Gasteiger partial charge in [0.1, 0.15) is 11.6 Å². The Kier molecular flexibility index (Phi) is 4.99. The maximum Gasteiger partial charge on any atom is 0.132 e. The molecule has 1 aliphatic rings. The van der Waals surface area contributed by atoms with Crippen LogP contribution in [0.1, 0.15) is 6.42 Å². The first-order valence-electron chi connectivity index (χ1n) is 8.92. The number of nitrogens with zero attached hydrogens (tertiary/aromatic N) is 3. The number of ether oxygens (including phenoxy) is 2. The van der Waals surface area contributed by atoms with Gasteiger partial charge in [-0.2, -0.15) is 5.10 Å². The molecule has 0 aliphatic carbocycles. The molecule has 0 amide bonds. The minimum absolute atomic E-state index is 0.461. The van der Waals surface area contributed by atoms with Gasteiger partial charge in [-0.3, -0.25) is 10.00 Å². The summed E-state index contributed by atoms with van der Waals surface area (Å²) < 4.78 is 11.4. The van der Waals surface area contributed by atoms with Gasteiger partial charge >= 0.3 is 0 Å². The largest absolute Gasteiger partial charge is 0.493 e. The fourth-order valence-corrected chi connectivity index (χ4v) is 3.21. The van der Waals surface area contributed by atoms with E-state index in [0.717, 1.165) is 67.2 Å². The highest BCUT2D eigenvalue weighted by Crippen LogP contribution is 2.30. The van der Waals surface area contributed by atoms with Crippen molar-refractivity contribution in [2.24, 2.45) is 0 Å². The molecule has 136 valence electrons. The Bertz CT molecular complexity index is 860. The summed E-state index contributed by atoms with van der Waals surface area (Å²) in [5.74, 6) is 1.24. The van der Waals surface area contributed by atoms with Crippen molar-refractivity contribution in [2.45, 2.75) is 6.42 Å². The zero-order chi connectivity index (χ0) is 17.8. The number of nitrogen functional groups attached to an aromatic ring is 1. The maximum absolute atomic E-state index is 6.02. The van der Waals surface area contributed by atoms with E-state index in [9.17, 15) is 0 Å². The summed E-state index contributed by atoms with van der Waals surface area (Å²) in [6.45, 7) is 5.32. The van der Waals surface area contributed by atoms with Crippen LogP contribution in [0.4, 0.5) is 5.82 Å². The van der Waals surface area contributed by atoms with Crippen LogP contribution in [0, 0.1) is 0 Å². The third kappa shape index (κ3) is 3.79. The second kappa shape index (κ2) is 7.72. The van der Waals surface area contributed by atoms with E-state index in [1.807, 2.05) is 24.3 Å². The van der Waals surface area contributed by atoms with E-state index in [1.165, 1.54) is 0 Å².